The minimum absolute atomic E-state index is 0.303. The summed E-state index contributed by atoms with van der Waals surface area (Å²) in [7, 11) is 0. The van der Waals surface area contributed by atoms with Crippen molar-refractivity contribution in [2.45, 2.75) is 19.9 Å². The number of carbonyl (C=O) groups excluding carboxylic acids is 3. The smallest absolute Gasteiger partial charge is 0.344 e. The van der Waals surface area contributed by atoms with Gasteiger partial charge in [0.05, 0.1) is 0 Å². The van der Waals surface area contributed by atoms with Crippen LogP contribution in [0, 0.1) is 5.82 Å². The number of hydrogen-bond acceptors (Lipinski definition) is 5. The molecular formula is C15H19FN2O5. The van der Waals surface area contributed by atoms with Gasteiger partial charge in [-0.25, -0.2) is 9.18 Å². The molecule has 1 aromatic rings. The number of nitrogens with one attached hydrogen (secondary N) is 2. The molecule has 1 rings (SSSR count). The lowest BCUT2D eigenvalue weighted by molar-refractivity contribution is -0.150. The first-order valence-electron chi connectivity index (χ1n) is 7.03. The Labute approximate surface area is 133 Å². The highest BCUT2D eigenvalue weighted by molar-refractivity contribution is 5.88. The van der Waals surface area contributed by atoms with E-state index in [2.05, 4.69) is 10.6 Å². The third-order valence-electron chi connectivity index (χ3n) is 2.66. The second-order valence-corrected chi connectivity index (χ2v) is 4.59. The summed E-state index contributed by atoms with van der Waals surface area (Å²) in [5.74, 6) is -1.80. The fraction of sp³-hybridized carbons (Fsp3) is 0.400. The molecule has 0 spiro atoms. The van der Waals surface area contributed by atoms with Gasteiger partial charge in [-0.3, -0.25) is 9.59 Å². The molecule has 7 nitrogen and oxygen atoms in total. The lowest BCUT2D eigenvalue weighted by atomic mass is 10.3. The first-order chi connectivity index (χ1) is 10.9. The second kappa shape index (κ2) is 9.39. The van der Waals surface area contributed by atoms with Gasteiger partial charge in [0.15, 0.2) is 13.2 Å². The van der Waals surface area contributed by atoms with E-state index in [1.807, 2.05) is 0 Å². The van der Waals surface area contributed by atoms with Gasteiger partial charge in [-0.1, -0.05) is 0 Å². The van der Waals surface area contributed by atoms with E-state index in [1.54, 1.807) is 6.92 Å². The predicted octanol–water partition coefficient (Wildman–Crippen LogP) is 0.389. The average molecular weight is 326 g/mol. The molecule has 0 bridgehead atoms. The van der Waals surface area contributed by atoms with Crippen LogP contribution in [0.1, 0.15) is 13.8 Å². The van der Waals surface area contributed by atoms with Crippen LogP contribution in [0.25, 0.3) is 0 Å². The van der Waals surface area contributed by atoms with Gasteiger partial charge >= 0.3 is 5.97 Å². The first-order valence-corrected chi connectivity index (χ1v) is 7.03. The van der Waals surface area contributed by atoms with E-state index >= 15 is 0 Å². The zero-order valence-electron chi connectivity index (χ0n) is 12.9. The molecular weight excluding hydrogens is 307 g/mol. The Hall–Kier alpha value is -2.64. The number of esters is 1. The summed E-state index contributed by atoms with van der Waals surface area (Å²) >= 11 is 0. The van der Waals surface area contributed by atoms with Crippen LogP contribution in [-0.4, -0.2) is 43.6 Å². The zero-order valence-corrected chi connectivity index (χ0v) is 12.9. The van der Waals surface area contributed by atoms with Gasteiger partial charge in [-0.2, -0.15) is 0 Å². The SMILES string of the molecule is CCNC(=O)[C@@H](C)NC(=O)COC(=O)COc1ccc(F)cc1. The summed E-state index contributed by atoms with van der Waals surface area (Å²) in [6.07, 6.45) is 0. The van der Waals surface area contributed by atoms with E-state index in [1.165, 1.54) is 31.2 Å². The molecule has 0 saturated carbocycles. The molecule has 0 radical (unpaired) electrons. The molecule has 0 heterocycles. The Kier molecular flexibility index (Phi) is 7.52. The van der Waals surface area contributed by atoms with Gasteiger partial charge in [0, 0.05) is 6.54 Å². The van der Waals surface area contributed by atoms with Crippen molar-refractivity contribution >= 4 is 17.8 Å². The van der Waals surface area contributed by atoms with Gasteiger partial charge in [0.2, 0.25) is 5.91 Å². The maximum Gasteiger partial charge on any atom is 0.344 e. The molecule has 1 atom stereocenters. The van der Waals surface area contributed by atoms with Crippen LogP contribution in [0.2, 0.25) is 0 Å². The number of likely N-dealkylation sites (N-methyl/N-ethyl adjacent to an activating group) is 1. The van der Waals surface area contributed by atoms with Crippen LogP contribution in [0.3, 0.4) is 0 Å². The van der Waals surface area contributed by atoms with Crippen LogP contribution in [0.5, 0.6) is 5.75 Å². The van der Waals surface area contributed by atoms with E-state index in [-0.39, 0.29) is 5.91 Å². The molecule has 0 aliphatic heterocycles. The molecule has 126 valence electrons. The van der Waals surface area contributed by atoms with Crippen molar-refractivity contribution < 1.29 is 28.2 Å². The van der Waals surface area contributed by atoms with Gasteiger partial charge in [0.25, 0.3) is 5.91 Å². The number of amides is 2. The van der Waals surface area contributed by atoms with Crippen LogP contribution in [-0.2, 0) is 19.1 Å². The lowest BCUT2D eigenvalue weighted by Gasteiger charge is -2.13. The van der Waals surface area contributed by atoms with Crippen molar-refractivity contribution in [1.82, 2.24) is 10.6 Å². The molecule has 0 aliphatic rings. The van der Waals surface area contributed by atoms with Gasteiger partial charge in [0.1, 0.15) is 17.6 Å². The van der Waals surface area contributed by atoms with E-state index < -0.39 is 36.9 Å². The van der Waals surface area contributed by atoms with Crippen LogP contribution < -0.4 is 15.4 Å². The lowest BCUT2D eigenvalue weighted by Crippen LogP contribution is -2.46. The van der Waals surface area contributed by atoms with Crippen LogP contribution in [0.15, 0.2) is 24.3 Å². The minimum Gasteiger partial charge on any atom is -0.482 e. The van der Waals surface area contributed by atoms with E-state index in [0.717, 1.165) is 0 Å². The highest BCUT2D eigenvalue weighted by Crippen LogP contribution is 2.10. The number of halogens is 1. The van der Waals surface area contributed by atoms with Crippen LogP contribution in [0.4, 0.5) is 4.39 Å². The minimum atomic E-state index is -0.755. The normalized spacial score (nSPS) is 11.3. The topological polar surface area (TPSA) is 93.7 Å². The summed E-state index contributed by atoms with van der Waals surface area (Å²) in [5.41, 5.74) is 0. The number of carbonyl (C=O) groups is 3. The molecule has 8 heteroatoms. The van der Waals surface area contributed by atoms with Gasteiger partial charge < -0.3 is 20.1 Å². The summed E-state index contributed by atoms with van der Waals surface area (Å²) in [5, 5.41) is 4.94. The quantitative estimate of drug-likeness (QED) is 0.674. The van der Waals surface area contributed by atoms with Crippen molar-refractivity contribution in [3.8, 4) is 5.75 Å². The molecule has 0 aromatic heterocycles. The molecule has 0 unspecified atom stereocenters. The maximum absolute atomic E-state index is 12.7. The standard InChI is InChI=1S/C15H19FN2O5/c1-3-17-15(21)10(2)18-13(19)8-23-14(20)9-22-12-6-4-11(16)5-7-12/h4-7,10H,3,8-9H2,1-2H3,(H,17,21)(H,18,19)/t10-/m1/s1. The average Bonchev–Trinajstić information content (AvgIpc) is 2.52. The van der Waals surface area contributed by atoms with Crippen molar-refractivity contribution in [2.24, 2.45) is 0 Å². The summed E-state index contributed by atoms with van der Waals surface area (Å²) < 4.78 is 22.5. The molecule has 0 aliphatic carbocycles. The third kappa shape index (κ3) is 7.25. The Balaban J connectivity index is 2.25. The second-order valence-electron chi connectivity index (χ2n) is 4.59. The third-order valence-corrected chi connectivity index (χ3v) is 2.66. The first kappa shape index (κ1) is 18.4. The van der Waals surface area contributed by atoms with Crippen molar-refractivity contribution in [2.75, 3.05) is 19.8 Å². The summed E-state index contributed by atoms with van der Waals surface area (Å²) in [4.78, 5) is 34.4. The zero-order chi connectivity index (χ0) is 17.2. The predicted molar refractivity (Wildman–Crippen MR) is 79.1 cm³/mol. The Morgan fingerprint density at radius 2 is 1.83 bits per heavy atom. The van der Waals surface area contributed by atoms with Gasteiger partial charge in [-0.05, 0) is 38.1 Å². The summed E-state index contributed by atoms with van der Waals surface area (Å²) in [6.45, 7) is 2.80. The molecule has 2 amide bonds. The monoisotopic (exact) mass is 326 g/mol. The van der Waals surface area contributed by atoms with Crippen molar-refractivity contribution in [3.05, 3.63) is 30.1 Å². The van der Waals surface area contributed by atoms with E-state index in [4.69, 9.17) is 9.47 Å². The molecule has 0 fully saturated rings. The van der Waals surface area contributed by atoms with Gasteiger partial charge in [-0.15, -0.1) is 0 Å². The number of benzene rings is 1. The Bertz CT molecular complexity index is 547. The van der Waals surface area contributed by atoms with Crippen molar-refractivity contribution in [3.63, 3.8) is 0 Å². The Morgan fingerprint density at radius 3 is 2.43 bits per heavy atom. The summed E-state index contributed by atoms with van der Waals surface area (Å²) in [6, 6.07) is 4.39. The number of rotatable bonds is 8. The molecule has 23 heavy (non-hydrogen) atoms. The fourth-order valence-electron chi connectivity index (χ4n) is 1.54. The fourth-order valence-corrected chi connectivity index (χ4v) is 1.54. The Morgan fingerprint density at radius 1 is 1.17 bits per heavy atom. The van der Waals surface area contributed by atoms with E-state index in [9.17, 15) is 18.8 Å². The molecule has 1 aromatic carbocycles. The van der Waals surface area contributed by atoms with Crippen LogP contribution >= 0.6 is 0 Å². The number of ether oxygens (including phenoxy) is 2. The molecule has 2 N–H and O–H groups in total. The maximum atomic E-state index is 12.7. The highest BCUT2D eigenvalue weighted by atomic mass is 19.1. The molecule has 0 saturated heterocycles. The largest absolute Gasteiger partial charge is 0.482 e. The highest BCUT2D eigenvalue weighted by Gasteiger charge is 2.15. The number of hydrogen-bond donors (Lipinski definition) is 2. The van der Waals surface area contributed by atoms with E-state index in [0.29, 0.717) is 12.3 Å². The van der Waals surface area contributed by atoms with Crippen molar-refractivity contribution in [1.29, 1.82) is 0 Å².